The first-order valence-corrected chi connectivity index (χ1v) is 6.66. The number of carbonyl (C=O) groups is 1. The van der Waals surface area contributed by atoms with Crippen molar-refractivity contribution in [3.05, 3.63) is 17.8 Å². The molecule has 1 saturated heterocycles. The predicted molar refractivity (Wildman–Crippen MR) is 70.4 cm³/mol. The van der Waals surface area contributed by atoms with E-state index in [1.54, 1.807) is 11.1 Å². The van der Waals surface area contributed by atoms with E-state index in [2.05, 4.69) is 15.1 Å². The summed E-state index contributed by atoms with van der Waals surface area (Å²) >= 11 is 0. The zero-order valence-corrected chi connectivity index (χ0v) is 11.3. The first-order chi connectivity index (χ1) is 10.0. The molecule has 1 aromatic rings. The van der Waals surface area contributed by atoms with Gasteiger partial charge >= 0.3 is 6.18 Å². The van der Waals surface area contributed by atoms with E-state index in [-0.39, 0.29) is 11.4 Å². The number of halogens is 3. The van der Waals surface area contributed by atoms with E-state index in [1.165, 1.54) is 6.20 Å². The molecular formula is C13H16F3N3O2. The second-order valence-corrected chi connectivity index (χ2v) is 4.69. The molecule has 1 aliphatic heterocycles. The van der Waals surface area contributed by atoms with Crippen molar-refractivity contribution in [2.24, 2.45) is 0 Å². The number of hydrogen-bond donors (Lipinski definition) is 1. The number of anilines is 1. The van der Waals surface area contributed by atoms with Crippen molar-refractivity contribution in [2.75, 3.05) is 24.7 Å². The van der Waals surface area contributed by atoms with Gasteiger partial charge in [-0.15, -0.1) is 0 Å². The fourth-order valence-electron chi connectivity index (χ4n) is 2.13. The van der Waals surface area contributed by atoms with Crippen molar-refractivity contribution in [2.45, 2.75) is 25.4 Å². The highest BCUT2D eigenvalue weighted by atomic mass is 19.4. The number of aldehydes is 1. The van der Waals surface area contributed by atoms with E-state index >= 15 is 0 Å². The molecule has 1 aliphatic rings. The van der Waals surface area contributed by atoms with Crippen molar-refractivity contribution in [1.29, 1.82) is 0 Å². The number of pyridine rings is 1. The Hall–Kier alpha value is -1.83. The molecule has 0 amide bonds. The summed E-state index contributed by atoms with van der Waals surface area (Å²) < 4.78 is 41.3. The summed E-state index contributed by atoms with van der Waals surface area (Å²) in [4.78, 5) is 15.0. The molecule has 21 heavy (non-hydrogen) atoms. The van der Waals surface area contributed by atoms with Crippen LogP contribution in [0, 0.1) is 0 Å². The van der Waals surface area contributed by atoms with Crippen LogP contribution in [0.5, 0.6) is 5.88 Å². The Labute approximate surface area is 120 Å². The summed E-state index contributed by atoms with van der Waals surface area (Å²) in [6.45, 7) is -0.0549. The highest BCUT2D eigenvalue weighted by molar-refractivity contribution is 5.87. The van der Waals surface area contributed by atoms with Crippen molar-refractivity contribution in [3.63, 3.8) is 0 Å². The monoisotopic (exact) mass is 303 g/mol. The highest BCUT2D eigenvalue weighted by Gasteiger charge is 2.29. The second kappa shape index (κ2) is 6.75. The van der Waals surface area contributed by atoms with Gasteiger partial charge in [0.25, 0.3) is 0 Å². The standard InChI is InChI=1S/C13H16F3N3O2/c14-13(15,16)9-21-12-10(8-20)11(4-6-17-12)19-7-3-1-2-5-18-19/h4,6,8,18H,1-3,5,7,9H2. The number of hydrazine groups is 1. The van der Waals surface area contributed by atoms with Crippen LogP contribution in [-0.2, 0) is 0 Å². The van der Waals surface area contributed by atoms with E-state index in [4.69, 9.17) is 0 Å². The molecule has 116 valence electrons. The van der Waals surface area contributed by atoms with Crippen molar-refractivity contribution >= 4 is 12.0 Å². The van der Waals surface area contributed by atoms with E-state index in [0.717, 1.165) is 25.8 Å². The van der Waals surface area contributed by atoms with Crippen LogP contribution in [0.4, 0.5) is 18.9 Å². The lowest BCUT2D eigenvalue weighted by molar-refractivity contribution is -0.154. The van der Waals surface area contributed by atoms with Crippen LogP contribution in [0.3, 0.4) is 0 Å². The molecule has 5 nitrogen and oxygen atoms in total. The average Bonchev–Trinajstić information content (AvgIpc) is 2.72. The van der Waals surface area contributed by atoms with Crippen LogP contribution < -0.4 is 15.2 Å². The Morgan fingerprint density at radius 2 is 2.19 bits per heavy atom. The Balaban J connectivity index is 2.23. The van der Waals surface area contributed by atoms with Gasteiger partial charge in [0, 0.05) is 19.3 Å². The summed E-state index contributed by atoms with van der Waals surface area (Å²) in [5.74, 6) is -0.300. The van der Waals surface area contributed by atoms with Gasteiger partial charge < -0.3 is 9.75 Å². The number of aromatic nitrogens is 1. The second-order valence-electron chi connectivity index (χ2n) is 4.69. The molecule has 0 radical (unpaired) electrons. The number of nitrogens with one attached hydrogen (secondary N) is 1. The Kier molecular flexibility index (Phi) is 5.00. The quantitative estimate of drug-likeness (QED) is 0.865. The maximum atomic E-state index is 12.2. The topological polar surface area (TPSA) is 54.5 Å². The van der Waals surface area contributed by atoms with Gasteiger partial charge in [0.15, 0.2) is 12.9 Å². The molecular weight excluding hydrogens is 287 g/mol. The average molecular weight is 303 g/mol. The summed E-state index contributed by atoms with van der Waals surface area (Å²) in [5.41, 5.74) is 3.65. The maximum Gasteiger partial charge on any atom is 0.422 e. The molecule has 0 spiro atoms. The minimum Gasteiger partial charge on any atom is -0.467 e. The molecule has 1 aromatic heterocycles. The zero-order valence-electron chi connectivity index (χ0n) is 11.3. The van der Waals surface area contributed by atoms with Crippen molar-refractivity contribution in [3.8, 4) is 5.88 Å². The number of nitrogens with zero attached hydrogens (tertiary/aromatic N) is 2. The van der Waals surface area contributed by atoms with Gasteiger partial charge in [-0.1, -0.05) is 6.42 Å². The van der Waals surface area contributed by atoms with Gasteiger partial charge in [-0.05, 0) is 18.9 Å². The van der Waals surface area contributed by atoms with E-state index in [0.29, 0.717) is 18.5 Å². The third-order valence-electron chi connectivity index (χ3n) is 3.07. The number of alkyl halides is 3. The van der Waals surface area contributed by atoms with E-state index < -0.39 is 12.8 Å². The summed E-state index contributed by atoms with van der Waals surface area (Å²) in [6, 6.07) is 1.59. The molecule has 0 aromatic carbocycles. The fourth-order valence-corrected chi connectivity index (χ4v) is 2.13. The number of hydrogen-bond acceptors (Lipinski definition) is 5. The summed E-state index contributed by atoms with van der Waals surface area (Å²) in [7, 11) is 0. The first-order valence-electron chi connectivity index (χ1n) is 6.66. The van der Waals surface area contributed by atoms with Crippen LogP contribution in [0.15, 0.2) is 12.3 Å². The lowest BCUT2D eigenvalue weighted by Gasteiger charge is -2.25. The molecule has 0 atom stereocenters. The van der Waals surface area contributed by atoms with E-state index in [1.807, 2.05) is 0 Å². The Morgan fingerprint density at radius 3 is 2.90 bits per heavy atom. The minimum absolute atomic E-state index is 0.0242. The molecule has 0 aliphatic carbocycles. The van der Waals surface area contributed by atoms with Crippen LogP contribution >= 0.6 is 0 Å². The van der Waals surface area contributed by atoms with Crippen LogP contribution in [0.25, 0.3) is 0 Å². The largest absolute Gasteiger partial charge is 0.467 e. The predicted octanol–water partition coefficient (Wildman–Crippen LogP) is 2.33. The van der Waals surface area contributed by atoms with Gasteiger partial charge in [0.1, 0.15) is 5.56 Å². The van der Waals surface area contributed by atoms with Gasteiger partial charge in [0.2, 0.25) is 5.88 Å². The smallest absolute Gasteiger partial charge is 0.422 e. The summed E-state index contributed by atoms with van der Waals surface area (Å²) in [6.07, 6.45) is 0.337. The first kappa shape index (κ1) is 15.6. The molecule has 0 unspecified atom stereocenters. The van der Waals surface area contributed by atoms with Gasteiger partial charge in [-0.2, -0.15) is 13.2 Å². The minimum atomic E-state index is -4.47. The molecule has 1 fully saturated rings. The zero-order chi connectivity index (χ0) is 15.3. The lowest BCUT2D eigenvalue weighted by Crippen LogP contribution is -2.38. The molecule has 0 bridgehead atoms. The van der Waals surface area contributed by atoms with Gasteiger partial charge in [-0.3, -0.25) is 4.79 Å². The highest BCUT2D eigenvalue weighted by Crippen LogP contribution is 2.27. The summed E-state index contributed by atoms with van der Waals surface area (Å²) in [5, 5.41) is 1.76. The maximum absolute atomic E-state index is 12.2. The molecule has 1 N–H and O–H groups in total. The van der Waals surface area contributed by atoms with Gasteiger partial charge in [0.05, 0.1) is 5.69 Å². The normalized spacial score (nSPS) is 16.4. The molecule has 2 rings (SSSR count). The molecule has 0 saturated carbocycles. The van der Waals surface area contributed by atoms with Crippen LogP contribution in [0.2, 0.25) is 0 Å². The van der Waals surface area contributed by atoms with Crippen LogP contribution in [0.1, 0.15) is 29.6 Å². The number of carbonyl (C=O) groups excluding carboxylic acids is 1. The number of ether oxygens (including phenoxy) is 1. The fraction of sp³-hybridized carbons (Fsp3) is 0.538. The lowest BCUT2D eigenvalue weighted by atomic mass is 10.2. The number of rotatable bonds is 4. The molecule has 8 heteroatoms. The van der Waals surface area contributed by atoms with E-state index in [9.17, 15) is 18.0 Å². The Bertz CT molecular complexity index is 486. The Morgan fingerprint density at radius 1 is 1.38 bits per heavy atom. The van der Waals surface area contributed by atoms with Crippen molar-refractivity contribution < 1.29 is 22.7 Å². The van der Waals surface area contributed by atoms with Crippen LogP contribution in [-0.4, -0.2) is 37.1 Å². The van der Waals surface area contributed by atoms with Crippen molar-refractivity contribution in [1.82, 2.24) is 10.4 Å². The molecule has 2 heterocycles. The van der Waals surface area contributed by atoms with Gasteiger partial charge in [-0.25, -0.2) is 10.4 Å². The third kappa shape index (κ3) is 4.32. The third-order valence-corrected chi connectivity index (χ3v) is 3.07. The SMILES string of the molecule is O=Cc1c(N2CCCCCN2)ccnc1OCC(F)(F)F.